The maximum atomic E-state index is 12.3. The summed E-state index contributed by atoms with van der Waals surface area (Å²) >= 11 is 11.0. The summed E-state index contributed by atoms with van der Waals surface area (Å²) in [7, 11) is -3.67. The Balaban J connectivity index is 2.32. The van der Waals surface area contributed by atoms with Crippen molar-refractivity contribution in [2.24, 2.45) is 0 Å². The molecule has 1 aromatic carbocycles. The highest BCUT2D eigenvalue weighted by atomic mass is 79.9. The smallest absolute Gasteiger partial charge is 0.186 e. The first kappa shape index (κ1) is 16.4. The summed E-state index contributed by atoms with van der Waals surface area (Å²) in [5.74, 6) is -0.994. The van der Waals surface area contributed by atoms with Crippen molar-refractivity contribution in [1.82, 2.24) is 0 Å². The third-order valence-corrected chi connectivity index (χ3v) is 7.41. The van der Waals surface area contributed by atoms with Crippen LogP contribution in [0.1, 0.15) is 10.4 Å². The van der Waals surface area contributed by atoms with Crippen LogP contribution in [0.3, 0.4) is 0 Å². The van der Waals surface area contributed by atoms with Gasteiger partial charge in [0.25, 0.3) is 0 Å². The fourth-order valence-corrected chi connectivity index (χ4v) is 6.74. The van der Waals surface area contributed by atoms with Crippen LogP contribution in [-0.2, 0) is 9.84 Å². The van der Waals surface area contributed by atoms with E-state index in [2.05, 4.69) is 47.8 Å². The first-order chi connectivity index (χ1) is 9.31. The molecule has 0 aliphatic rings. The number of thiophene rings is 1. The van der Waals surface area contributed by atoms with E-state index in [0.717, 1.165) is 3.79 Å². The summed E-state index contributed by atoms with van der Waals surface area (Å²) in [6, 6.07) is 8.07. The van der Waals surface area contributed by atoms with E-state index in [9.17, 15) is 13.2 Å². The lowest BCUT2D eigenvalue weighted by Gasteiger charge is -2.05. The van der Waals surface area contributed by atoms with Crippen molar-refractivity contribution < 1.29 is 13.2 Å². The van der Waals surface area contributed by atoms with Crippen LogP contribution in [0.5, 0.6) is 0 Å². The number of rotatable bonds is 4. The van der Waals surface area contributed by atoms with Crippen molar-refractivity contribution in [2.75, 3.05) is 5.75 Å². The summed E-state index contributed by atoms with van der Waals surface area (Å²) < 4.78 is 26.4. The van der Waals surface area contributed by atoms with Gasteiger partial charge < -0.3 is 0 Å². The molecule has 0 aliphatic carbocycles. The van der Waals surface area contributed by atoms with E-state index in [1.165, 1.54) is 17.4 Å². The highest BCUT2D eigenvalue weighted by molar-refractivity contribution is 9.12. The second-order valence-electron chi connectivity index (χ2n) is 3.85. The topological polar surface area (TPSA) is 51.2 Å². The molecule has 2 aromatic rings. The molecule has 0 bridgehead atoms. The van der Waals surface area contributed by atoms with Crippen molar-refractivity contribution in [1.29, 1.82) is 0 Å². The van der Waals surface area contributed by atoms with E-state index in [4.69, 9.17) is 0 Å². The minimum Gasteiger partial charge on any atom is -0.293 e. The number of Topliss-reactive ketones (excluding diaryl/α,β-unsaturated/α-hetero) is 1. The highest BCUT2D eigenvalue weighted by Gasteiger charge is 2.24. The van der Waals surface area contributed by atoms with Gasteiger partial charge in [-0.15, -0.1) is 11.3 Å². The van der Waals surface area contributed by atoms with E-state index in [-0.39, 0.29) is 4.90 Å². The van der Waals surface area contributed by atoms with Gasteiger partial charge >= 0.3 is 0 Å². The second-order valence-corrected chi connectivity index (χ2v) is 10.4. The number of carbonyl (C=O) groups excluding carboxylic acids is 1. The zero-order chi connectivity index (χ0) is 14.9. The van der Waals surface area contributed by atoms with Crippen LogP contribution in [0.25, 0.3) is 0 Å². The van der Waals surface area contributed by atoms with Crippen LogP contribution >= 0.6 is 59.1 Å². The summed E-state index contributed by atoms with van der Waals surface area (Å²) in [5.41, 5.74) is 0.373. The monoisotopic (exact) mass is 500 g/mol. The Labute approximate surface area is 145 Å². The summed E-state index contributed by atoms with van der Waals surface area (Å²) in [6.07, 6.45) is 0. The number of benzene rings is 1. The number of hydrogen-bond donors (Lipinski definition) is 0. The lowest BCUT2D eigenvalue weighted by Crippen LogP contribution is -2.16. The largest absolute Gasteiger partial charge is 0.293 e. The molecule has 8 heteroatoms. The summed E-state index contributed by atoms with van der Waals surface area (Å²) in [4.78, 5) is 12.3. The molecule has 1 heterocycles. The lowest BCUT2D eigenvalue weighted by molar-refractivity contribution is 0.102. The van der Waals surface area contributed by atoms with Crippen molar-refractivity contribution in [3.63, 3.8) is 0 Å². The van der Waals surface area contributed by atoms with Crippen molar-refractivity contribution in [3.05, 3.63) is 47.9 Å². The average molecular weight is 503 g/mol. The minimum absolute atomic E-state index is 0.124. The van der Waals surface area contributed by atoms with E-state index in [1.54, 1.807) is 24.3 Å². The molecule has 106 valence electrons. The molecule has 0 unspecified atom stereocenters. The van der Waals surface area contributed by atoms with Crippen LogP contribution in [-0.4, -0.2) is 20.0 Å². The molecule has 1 aromatic heterocycles. The van der Waals surface area contributed by atoms with E-state index >= 15 is 0 Å². The van der Waals surface area contributed by atoms with Crippen LogP contribution in [0, 0.1) is 0 Å². The van der Waals surface area contributed by atoms with Gasteiger partial charge in [-0.3, -0.25) is 4.79 Å². The molecule has 0 spiro atoms. The fraction of sp³-hybridized carbons (Fsp3) is 0.0833. The van der Waals surface area contributed by atoms with Crippen LogP contribution in [0.2, 0.25) is 0 Å². The number of carbonyl (C=O) groups is 1. The van der Waals surface area contributed by atoms with Gasteiger partial charge in [-0.25, -0.2) is 8.42 Å². The maximum absolute atomic E-state index is 12.3. The number of hydrogen-bond acceptors (Lipinski definition) is 4. The van der Waals surface area contributed by atoms with Gasteiger partial charge in [0.2, 0.25) is 0 Å². The number of ketones is 1. The SMILES string of the molecule is O=C(CS(=O)(=O)c1ccccc1Br)c1cc(Br)sc1Br. The molecule has 0 saturated carbocycles. The molecule has 0 amide bonds. The number of sulfone groups is 1. The van der Waals surface area contributed by atoms with Crippen LogP contribution in [0.4, 0.5) is 0 Å². The molecule has 20 heavy (non-hydrogen) atoms. The predicted octanol–water partition coefficient (Wildman–Crippen LogP) is 4.69. The number of halogens is 3. The van der Waals surface area contributed by atoms with Crippen LogP contribution in [0.15, 0.2) is 47.3 Å². The molecule has 0 fully saturated rings. The normalized spacial score (nSPS) is 11.6. The van der Waals surface area contributed by atoms with Crippen molar-refractivity contribution in [2.45, 2.75) is 4.90 Å². The Morgan fingerprint density at radius 1 is 1.15 bits per heavy atom. The zero-order valence-electron chi connectivity index (χ0n) is 9.77. The maximum Gasteiger partial charge on any atom is 0.186 e. The molecule has 0 saturated heterocycles. The van der Waals surface area contributed by atoms with E-state index in [1.807, 2.05) is 0 Å². The third-order valence-electron chi connectivity index (χ3n) is 2.45. The third kappa shape index (κ3) is 3.59. The fourth-order valence-electron chi connectivity index (χ4n) is 1.56. The summed E-state index contributed by atoms with van der Waals surface area (Å²) in [5, 5.41) is 0. The van der Waals surface area contributed by atoms with Gasteiger partial charge in [0, 0.05) is 10.0 Å². The quantitative estimate of drug-likeness (QED) is 0.570. The minimum atomic E-state index is -3.67. The van der Waals surface area contributed by atoms with Gasteiger partial charge in [-0.05, 0) is 66.0 Å². The molecule has 2 rings (SSSR count). The Morgan fingerprint density at radius 2 is 1.80 bits per heavy atom. The van der Waals surface area contributed by atoms with Crippen LogP contribution < -0.4 is 0 Å². The lowest BCUT2D eigenvalue weighted by atomic mass is 10.2. The Kier molecular flexibility index (Phi) is 5.23. The van der Waals surface area contributed by atoms with Gasteiger partial charge in [0.05, 0.1) is 12.5 Å². The Hall–Kier alpha value is -0.0200. The van der Waals surface area contributed by atoms with Crippen molar-refractivity contribution >= 4 is 74.7 Å². The molecule has 3 nitrogen and oxygen atoms in total. The van der Waals surface area contributed by atoms with Gasteiger partial charge in [-0.1, -0.05) is 12.1 Å². The Bertz CT molecular complexity index is 766. The van der Waals surface area contributed by atoms with E-state index < -0.39 is 21.4 Å². The zero-order valence-corrected chi connectivity index (χ0v) is 16.2. The van der Waals surface area contributed by atoms with Gasteiger partial charge in [0.15, 0.2) is 15.6 Å². The highest BCUT2D eigenvalue weighted by Crippen LogP contribution is 2.33. The molecular formula is C12H7Br3O3S2. The second kappa shape index (κ2) is 6.39. The van der Waals surface area contributed by atoms with Gasteiger partial charge in [0.1, 0.15) is 5.75 Å². The van der Waals surface area contributed by atoms with E-state index in [0.29, 0.717) is 13.8 Å². The first-order valence-corrected chi connectivity index (χ1v) is 10.1. The molecule has 0 radical (unpaired) electrons. The first-order valence-electron chi connectivity index (χ1n) is 5.26. The summed E-state index contributed by atoms with van der Waals surface area (Å²) in [6.45, 7) is 0. The predicted molar refractivity (Wildman–Crippen MR) is 90.2 cm³/mol. The average Bonchev–Trinajstić information content (AvgIpc) is 2.68. The molecule has 0 atom stereocenters. The molecule has 0 N–H and O–H groups in total. The molecular weight excluding hydrogens is 496 g/mol. The van der Waals surface area contributed by atoms with Crippen molar-refractivity contribution in [3.8, 4) is 0 Å². The van der Waals surface area contributed by atoms with Gasteiger partial charge in [-0.2, -0.15) is 0 Å². The molecule has 0 aliphatic heterocycles. The Morgan fingerprint density at radius 3 is 2.35 bits per heavy atom. The standard InChI is InChI=1S/C12H7Br3O3S2/c13-8-3-1-2-4-10(8)20(17,18)6-9(16)7-5-11(14)19-12(7)15/h1-5H,6H2.